The van der Waals surface area contributed by atoms with Crippen molar-refractivity contribution in [2.24, 2.45) is 0 Å². The van der Waals surface area contributed by atoms with Gasteiger partial charge in [0, 0.05) is 37.8 Å². The number of piperidine rings is 1. The van der Waals surface area contributed by atoms with Crippen molar-refractivity contribution in [2.75, 3.05) is 26.2 Å². The Hall–Kier alpha value is -3.18. The molecule has 0 saturated carbocycles. The van der Waals surface area contributed by atoms with Crippen LogP contribution in [0.1, 0.15) is 70.0 Å². The second-order valence-electron chi connectivity index (χ2n) is 9.89. The van der Waals surface area contributed by atoms with Crippen LogP contribution in [-0.4, -0.2) is 52.2 Å². The van der Waals surface area contributed by atoms with Crippen molar-refractivity contribution in [3.8, 4) is 0 Å². The fraction of sp³-hybridized carbons (Fsp3) is 0.400. The van der Waals surface area contributed by atoms with E-state index in [1.54, 1.807) is 0 Å². The number of likely N-dealkylation sites (tertiary alicyclic amines) is 1. The average molecular weight is 470 g/mol. The van der Waals surface area contributed by atoms with Gasteiger partial charge in [-0.3, -0.25) is 9.59 Å². The van der Waals surface area contributed by atoms with Gasteiger partial charge in [-0.25, -0.2) is 0 Å². The van der Waals surface area contributed by atoms with Crippen LogP contribution in [0.15, 0.2) is 72.9 Å². The Labute approximate surface area is 208 Å². The van der Waals surface area contributed by atoms with E-state index in [4.69, 9.17) is 0 Å². The average Bonchev–Trinajstić information content (AvgIpc) is 3.29. The normalized spacial score (nSPS) is 17.4. The number of Topliss-reactive ketones (excluding diaryl/α,β-unsaturated/α-hetero) is 1. The fourth-order valence-electron chi connectivity index (χ4n) is 5.53. The topological polar surface area (TPSA) is 45.6 Å². The van der Waals surface area contributed by atoms with Crippen LogP contribution in [0.3, 0.4) is 0 Å². The largest absolute Gasteiger partial charge is 0.343 e. The van der Waals surface area contributed by atoms with E-state index in [1.807, 2.05) is 52.1 Å². The number of rotatable bonds is 8. The highest BCUT2D eigenvalue weighted by Crippen LogP contribution is 2.28. The molecule has 0 N–H and O–H groups in total. The molecule has 2 aliphatic heterocycles. The van der Waals surface area contributed by atoms with E-state index in [0.29, 0.717) is 36.7 Å². The molecular formula is C30H35N3O2. The van der Waals surface area contributed by atoms with E-state index >= 15 is 0 Å². The first kappa shape index (κ1) is 23.6. The number of unbranched alkanes of at least 4 members (excludes halogenated alkanes) is 1. The first-order valence-electron chi connectivity index (χ1n) is 13.0. The maximum Gasteiger partial charge on any atom is 0.271 e. The molecule has 0 spiro atoms. The lowest BCUT2D eigenvalue weighted by atomic mass is 9.89. The first-order chi connectivity index (χ1) is 17.2. The van der Waals surface area contributed by atoms with Gasteiger partial charge in [-0.15, -0.1) is 0 Å². The molecule has 0 radical (unpaired) electrons. The molecule has 5 heteroatoms. The summed E-state index contributed by atoms with van der Waals surface area (Å²) in [6.07, 6.45) is 6.86. The Morgan fingerprint density at radius 1 is 0.771 bits per heavy atom. The molecule has 5 rings (SSSR count). The van der Waals surface area contributed by atoms with Gasteiger partial charge in [0.15, 0.2) is 5.78 Å². The molecule has 0 atom stereocenters. The lowest BCUT2D eigenvalue weighted by Gasteiger charge is -2.32. The van der Waals surface area contributed by atoms with E-state index in [1.165, 1.54) is 18.4 Å². The van der Waals surface area contributed by atoms with Crippen molar-refractivity contribution in [1.29, 1.82) is 0 Å². The summed E-state index contributed by atoms with van der Waals surface area (Å²) in [5.41, 5.74) is 3.73. The van der Waals surface area contributed by atoms with Crippen LogP contribution in [0, 0.1) is 0 Å². The first-order valence-corrected chi connectivity index (χ1v) is 13.0. The second-order valence-corrected chi connectivity index (χ2v) is 9.89. The zero-order valence-corrected chi connectivity index (χ0v) is 20.4. The Kier molecular flexibility index (Phi) is 7.43. The van der Waals surface area contributed by atoms with Gasteiger partial charge in [0.1, 0.15) is 5.69 Å². The molecule has 0 aliphatic carbocycles. The number of aryl methyl sites for hydroxylation is 1. The van der Waals surface area contributed by atoms with Gasteiger partial charge in [-0.2, -0.15) is 0 Å². The third-order valence-corrected chi connectivity index (χ3v) is 7.56. The third-order valence-electron chi connectivity index (χ3n) is 7.56. The number of carbonyl (C=O) groups is 2. The summed E-state index contributed by atoms with van der Waals surface area (Å²) in [6.45, 7) is 5.18. The minimum absolute atomic E-state index is 0.0253. The third kappa shape index (κ3) is 5.57. The zero-order chi connectivity index (χ0) is 24.0. The standard InChI is InChI=1S/C30H35N3O2/c34-28-16-22-33(23-24-9-3-1-4-10-24)30(35)29-27(28)15-21-32(29)18-8-7-17-31-19-13-26(14-20-31)25-11-5-2-6-12-25/h1-6,9-12,15,21,26H,7-8,13-14,16-20,22-23H2. The number of amides is 1. The molecule has 1 saturated heterocycles. The molecule has 1 amide bonds. The lowest BCUT2D eigenvalue weighted by Crippen LogP contribution is -2.34. The highest BCUT2D eigenvalue weighted by Gasteiger charge is 2.30. The molecule has 35 heavy (non-hydrogen) atoms. The van der Waals surface area contributed by atoms with Gasteiger partial charge in [0.2, 0.25) is 0 Å². The smallest absolute Gasteiger partial charge is 0.271 e. The number of hydrogen-bond donors (Lipinski definition) is 0. The predicted molar refractivity (Wildman–Crippen MR) is 139 cm³/mol. The van der Waals surface area contributed by atoms with Gasteiger partial charge in [-0.05, 0) is 68.4 Å². The van der Waals surface area contributed by atoms with Crippen LogP contribution in [0.25, 0.3) is 0 Å². The Bertz CT molecular complexity index is 1130. The van der Waals surface area contributed by atoms with Crippen molar-refractivity contribution < 1.29 is 9.59 Å². The summed E-state index contributed by atoms with van der Waals surface area (Å²) >= 11 is 0. The summed E-state index contributed by atoms with van der Waals surface area (Å²) in [7, 11) is 0. The molecule has 2 aliphatic rings. The predicted octanol–water partition coefficient (Wildman–Crippen LogP) is 5.38. The molecule has 0 unspecified atom stereocenters. The summed E-state index contributed by atoms with van der Waals surface area (Å²) < 4.78 is 2.01. The summed E-state index contributed by atoms with van der Waals surface area (Å²) in [6, 6.07) is 22.7. The number of carbonyl (C=O) groups excluding carboxylic acids is 2. The van der Waals surface area contributed by atoms with Crippen molar-refractivity contribution in [2.45, 2.75) is 51.1 Å². The van der Waals surface area contributed by atoms with Gasteiger partial charge in [0.25, 0.3) is 5.91 Å². The molecule has 0 bridgehead atoms. The summed E-state index contributed by atoms with van der Waals surface area (Å²) in [5, 5.41) is 0. The molecular weight excluding hydrogens is 434 g/mol. The lowest BCUT2D eigenvalue weighted by molar-refractivity contribution is 0.0735. The van der Waals surface area contributed by atoms with Gasteiger partial charge in [0.05, 0.1) is 0 Å². The quantitative estimate of drug-likeness (QED) is 0.416. The second kappa shape index (κ2) is 11.0. The summed E-state index contributed by atoms with van der Waals surface area (Å²) in [5.74, 6) is 0.733. The van der Waals surface area contributed by atoms with Gasteiger partial charge in [-0.1, -0.05) is 60.7 Å². The number of hydrogen-bond acceptors (Lipinski definition) is 3. The van der Waals surface area contributed by atoms with Crippen molar-refractivity contribution in [3.05, 3.63) is 95.3 Å². The molecule has 1 fully saturated rings. The monoisotopic (exact) mass is 469 g/mol. The summed E-state index contributed by atoms with van der Waals surface area (Å²) in [4.78, 5) is 30.6. The number of nitrogens with zero attached hydrogens (tertiary/aromatic N) is 3. The van der Waals surface area contributed by atoms with Crippen molar-refractivity contribution in [1.82, 2.24) is 14.4 Å². The Morgan fingerprint density at radius 2 is 1.46 bits per heavy atom. The number of fused-ring (bicyclic) bond motifs is 1. The van der Waals surface area contributed by atoms with E-state index in [9.17, 15) is 9.59 Å². The Balaban J connectivity index is 1.14. The highest BCUT2D eigenvalue weighted by molar-refractivity contribution is 6.09. The molecule has 5 nitrogen and oxygen atoms in total. The molecule has 2 aromatic carbocycles. The maximum atomic E-state index is 13.4. The maximum absolute atomic E-state index is 13.4. The van der Waals surface area contributed by atoms with Crippen LogP contribution in [0.4, 0.5) is 0 Å². The minimum atomic E-state index is -0.0253. The van der Waals surface area contributed by atoms with E-state index in [0.717, 1.165) is 44.6 Å². The van der Waals surface area contributed by atoms with E-state index in [2.05, 4.69) is 35.2 Å². The zero-order valence-electron chi connectivity index (χ0n) is 20.4. The van der Waals surface area contributed by atoms with Crippen LogP contribution < -0.4 is 0 Å². The van der Waals surface area contributed by atoms with Crippen LogP contribution in [0.2, 0.25) is 0 Å². The fourth-order valence-corrected chi connectivity index (χ4v) is 5.53. The van der Waals surface area contributed by atoms with Gasteiger partial charge < -0.3 is 14.4 Å². The van der Waals surface area contributed by atoms with Crippen LogP contribution in [-0.2, 0) is 13.1 Å². The Morgan fingerprint density at radius 3 is 2.20 bits per heavy atom. The molecule has 182 valence electrons. The highest BCUT2D eigenvalue weighted by atomic mass is 16.2. The van der Waals surface area contributed by atoms with Crippen molar-refractivity contribution in [3.63, 3.8) is 0 Å². The van der Waals surface area contributed by atoms with Gasteiger partial charge >= 0.3 is 0 Å². The number of benzene rings is 2. The molecule has 3 heterocycles. The minimum Gasteiger partial charge on any atom is -0.343 e. The molecule has 1 aromatic heterocycles. The van der Waals surface area contributed by atoms with Crippen molar-refractivity contribution >= 4 is 11.7 Å². The van der Waals surface area contributed by atoms with Crippen LogP contribution >= 0.6 is 0 Å². The molecule has 3 aromatic rings. The number of ketones is 1. The number of aromatic nitrogens is 1. The van der Waals surface area contributed by atoms with E-state index in [-0.39, 0.29) is 11.7 Å². The SMILES string of the molecule is O=C1CCN(Cc2ccccc2)C(=O)c2c1ccn2CCCCN1CCC(c2ccccc2)CC1. The van der Waals surface area contributed by atoms with E-state index < -0.39 is 0 Å². The van der Waals surface area contributed by atoms with Crippen LogP contribution in [0.5, 0.6) is 0 Å².